The number of rotatable bonds is 6. The Bertz CT molecular complexity index is 432. The van der Waals surface area contributed by atoms with Crippen molar-refractivity contribution in [1.29, 1.82) is 0 Å². The molecule has 0 heterocycles. The van der Waals surface area contributed by atoms with Crippen LogP contribution >= 0.6 is 0 Å². The van der Waals surface area contributed by atoms with E-state index in [-0.39, 0.29) is 0 Å². The van der Waals surface area contributed by atoms with E-state index in [4.69, 9.17) is 9.47 Å². The van der Waals surface area contributed by atoms with Crippen molar-refractivity contribution >= 4 is 11.9 Å². The molecule has 0 saturated carbocycles. The predicted octanol–water partition coefficient (Wildman–Crippen LogP) is 1.27. The Balaban J connectivity index is 2.84. The number of aryl methyl sites for hydroxylation is 1. The van der Waals surface area contributed by atoms with E-state index >= 15 is 0 Å². The fourth-order valence-corrected chi connectivity index (χ4v) is 1.85. The highest BCUT2D eigenvalue weighted by Gasteiger charge is 2.41. The molecule has 0 fully saturated rings. The molecular weight excluding hydrogens is 246 g/mol. The standard InChI is InChI=1S/C14H19NO4/c1-11(16)19-14(15-2,13(17)18-3)10-9-12-7-5-4-6-8-12/h4-8,15H,9-10H2,1-3H3. The fraction of sp³-hybridized carbons (Fsp3) is 0.429. The van der Waals surface area contributed by atoms with Gasteiger partial charge in [0.15, 0.2) is 0 Å². The summed E-state index contributed by atoms with van der Waals surface area (Å²) in [5.74, 6) is -1.14. The van der Waals surface area contributed by atoms with Crippen LogP contribution in [-0.2, 0) is 25.5 Å². The fourth-order valence-electron chi connectivity index (χ4n) is 1.85. The van der Waals surface area contributed by atoms with E-state index in [1.807, 2.05) is 30.3 Å². The Kier molecular flexibility index (Phi) is 5.51. The first-order valence-electron chi connectivity index (χ1n) is 6.05. The Morgan fingerprint density at radius 3 is 2.37 bits per heavy atom. The van der Waals surface area contributed by atoms with Gasteiger partial charge >= 0.3 is 11.9 Å². The third-order valence-corrected chi connectivity index (χ3v) is 2.85. The molecule has 0 bridgehead atoms. The summed E-state index contributed by atoms with van der Waals surface area (Å²) in [6.07, 6.45) is 0.893. The highest BCUT2D eigenvalue weighted by Crippen LogP contribution is 2.18. The topological polar surface area (TPSA) is 64.6 Å². The van der Waals surface area contributed by atoms with Crippen molar-refractivity contribution < 1.29 is 19.1 Å². The molecule has 1 atom stereocenters. The van der Waals surface area contributed by atoms with Gasteiger partial charge in [0.05, 0.1) is 7.11 Å². The van der Waals surface area contributed by atoms with Crippen molar-refractivity contribution in [3.05, 3.63) is 35.9 Å². The first-order valence-corrected chi connectivity index (χ1v) is 6.05. The minimum absolute atomic E-state index is 0.305. The molecule has 0 aliphatic rings. The van der Waals surface area contributed by atoms with Gasteiger partial charge < -0.3 is 9.47 Å². The number of likely N-dealkylation sites (N-methyl/N-ethyl adjacent to an activating group) is 1. The van der Waals surface area contributed by atoms with Crippen LogP contribution in [0.25, 0.3) is 0 Å². The molecular formula is C14H19NO4. The number of esters is 2. The molecule has 0 aliphatic carbocycles. The van der Waals surface area contributed by atoms with Crippen molar-refractivity contribution in [2.24, 2.45) is 0 Å². The van der Waals surface area contributed by atoms with Gasteiger partial charge in [0.2, 0.25) is 0 Å². The lowest BCUT2D eigenvalue weighted by molar-refractivity contribution is -0.184. The van der Waals surface area contributed by atoms with Gasteiger partial charge in [-0.2, -0.15) is 0 Å². The molecule has 1 aromatic carbocycles. The summed E-state index contributed by atoms with van der Waals surface area (Å²) in [6.45, 7) is 1.26. The summed E-state index contributed by atoms with van der Waals surface area (Å²) >= 11 is 0. The van der Waals surface area contributed by atoms with Gasteiger partial charge in [-0.15, -0.1) is 0 Å². The monoisotopic (exact) mass is 265 g/mol. The first-order chi connectivity index (χ1) is 9.04. The molecule has 0 saturated heterocycles. The third kappa shape index (κ3) is 4.06. The van der Waals surface area contributed by atoms with Crippen LogP contribution < -0.4 is 5.32 Å². The van der Waals surface area contributed by atoms with Crippen LogP contribution in [0.1, 0.15) is 18.9 Å². The Hall–Kier alpha value is -1.88. The Labute approximate surface area is 112 Å². The lowest BCUT2D eigenvalue weighted by atomic mass is 10.0. The van der Waals surface area contributed by atoms with E-state index in [0.717, 1.165) is 5.56 Å². The van der Waals surface area contributed by atoms with Crippen LogP contribution in [0.2, 0.25) is 0 Å². The maximum Gasteiger partial charge on any atom is 0.366 e. The molecule has 1 rings (SSSR count). The molecule has 0 radical (unpaired) electrons. The number of carbonyl (C=O) groups is 2. The van der Waals surface area contributed by atoms with Crippen LogP contribution in [0.3, 0.4) is 0 Å². The van der Waals surface area contributed by atoms with E-state index in [0.29, 0.717) is 12.8 Å². The second-order valence-electron chi connectivity index (χ2n) is 4.15. The molecule has 1 aromatic rings. The average Bonchev–Trinajstić information content (AvgIpc) is 2.43. The number of ether oxygens (including phenoxy) is 2. The summed E-state index contributed by atoms with van der Waals surface area (Å²) in [6, 6.07) is 9.65. The van der Waals surface area contributed by atoms with Crippen LogP contribution in [0.15, 0.2) is 30.3 Å². The number of nitrogens with one attached hydrogen (secondary N) is 1. The zero-order chi connectivity index (χ0) is 14.3. The molecule has 0 aromatic heterocycles. The van der Waals surface area contributed by atoms with Crippen LogP contribution in [-0.4, -0.2) is 31.8 Å². The first kappa shape index (κ1) is 15.2. The molecule has 0 amide bonds. The Morgan fingerprint density at radius 2 is 1.89 bits per heavy atom. The van der Waals surface area contributed by atoms with Crippen molar-refractivity contribution in [3.63, 3.8) is 0 Å². The highest BCUT2D eigenvalue weighted by atomic mass is 16.6. The van der Waals surface area contributed by atoms with E-state index in [1.54, 1.807) is 7.05 Å². The zero-order valence-electron chi connectivity index (χ0n) is 11.4. The number of benzene rings is 1. The lowest BCUT2D eigenvalue weighted by Gasteiger charge is -2.29. The summed E-state index contributed by atoms with van der Waals surface area (Å²) < 4.78 is 9.85. The zero-order valence-corrected chi connectivity index (χ0v) is 11.4. The molecule has 19 heavy (non-hydrogen) atoms. The number of carbonyl (C=O) groups excluding carboxylic acids is 2. The molecule has 0 aliphatic heterocycles. The van der Waals surface area contributed by atoms with Gasteiger partial charge in [0.25, 0.3) is 5.72 Å². The predicted molar refractivity (Wildman–Crippen MR) is 70.3 cm³/mol. The lowest BCUT2D eigenvalue weighted by Crippen LogP contribution is -2.54. The molecule has 5 nitrogen and oxygen atoms in total. The molecule has 1 unspecified atom stereocenters. The van der Waals surface area contributed by atoms with Crippen LogP contribution in [0.5, 0.6) is 0 Å². The molecule has 104 valence electrons. The van der Waals surface area contributed by atoms with Gasteiger partial charge in [0.1, 0.15) is 0 Å². The number of methoxy groups -OCH3 is 1. The molecule has 0 spiro atoms. The van der Waals surface area contributed by atoms with Crippen molar-refractivity contribution in [3.8, 4) is 0 Å². The molecule has 5 heteroatoms. The largest absolute Gasteiger partial charge is 0.465 e. The number of hydrogen-bond acceptors (Lipinski definition) is 5. The summed E-state index contributed by atoms with van der Waals surface area (Å²) in [4.78, 5) is 23.0. The van der Waals surface area contributed by atoms with E-state index < -0.39 is 17.7 Å². The molecule has 1 N–H and O–H groups in total. The minimum Gasteiger partial charge on any atom is -0.465 e. The van der Waals surface area contributed by atoms with E-state index in [1.165, 1.54) is 14.0 Å². The van der Waals surface area contributed by atoms with Gasteiger partial charge in [-0.3, -0.25) is 10.1 Å². The van der Waals surface area contributed by atoms with Gasteiger partial charge in [0, 0.05) is 13.3 Å². The normalized spacial score (nSPS) is 13.4. The maximum atomic E-state index is 11.9. The average molecular weight is 265 g/mol. The SMILES string of the molecule is CNC(CCc1ccccc1)(OC(C)=O)C(=O)OC. The van der Waals surface area contributed by atoms with Gasteiger partial charge in [-0.25, -0.2) is 4.79 Å². The van der Waals surface area contributed by atoms with E-state index in [2.05, 4.69) is 5.32 Å². The summed E-state index contributed by atoms with van der Waals surface area (Å²) in [5.41, 5.74) is -0.380. The Morgan fingerprint density at radius 1 is 1.26 bits per heavy atom. The smallest absolute Gasteiger partial charge is 0.366 e. The summed E-state index contributed by atoms with van der Waals surface area (Å²) in [7, 11) is 2.82. The van der Waals surface area contributed by atoms with Crippen LogP contribution in [0.4, 0.5) is 0 Å². The second-order valence-corrected chi connectivity index (χ2v) is 4.15. The van der Waals surface area contributed by atoms with Crippen molar-refractivity contribution in [2.75, 3.05) is 14.2 Å². The maximum absolute atomic E-state index is 11.9. The highest BCUT2D eigenvalue weighted by molar-refractivity contribution is 5.82. The van der Waals surface area contributed by atoms with E-state index in [9.17, 15) is 9.59 Å². The minimum atomic E-state index is -1.43. The quantitative estimate of drug-likeness (QED) is 0.620. The van der Waals surface area contributed by atoms with Gasteiger partial charge in [-0.1, -0.05) is 30.3 Å². The number of hydrogen-bond donors (Lipinski definition) is 1. The second kappa shape index (κ2) is 6.89. The van der Waals surface area contributed by atoms with Crippen molar-refractivity contribution in [1.82, 2.24) is 5.32 Å². The summed E-state index contributed by atoms with van der Waals surface area (Å²) in [5, 5.41) is 2.75. The van der Waals surface area contributed by atoms with Gasteiger partial charge in [-0.05, 0) is 19.0 Å². The third-order valence-electron chi connectivity index (χ3n) is 2.85. The van der Waals surface area contributed by atoms with Crippen LogP contribution in [0, 0.1) is 0 Å². The van der Waals surface area contributed by atoms with Crippen molar-refractivity contribution in [2.45, 2.75) is 25.5 Å².